The van der Waals surface area contributed by atoms with Crippen molar-refractivity contribution in [3.05, 3.63) is 230 Å². The minimum absolute atomic E-state index is 0.823. The van der Waals surface area contributed by atoms with Crippen LogP contribution in [-0.4, -0.2) is 0 Å². The molecule has 61 heavy (non-hydrogen) atoms. The number of hydrogen-bond acceptors (Lipinski definition) is 4. The lowest BCUT2D eigenvalue weighted by molar-refractivity contribution is 0.668. The van der Waals surface area contributed by atoms with Crippen LogP contribution in [0.5, 0.6) is 0 Å². The summed E-state index contributed by atoms with van der Waals surface area (Å²) in [4.78, 5) is 4.70. The van der Waals surface area contributed by atoms with Gasteiger partial charge in [-0.3, -0.25) is 0 Å². The van der Waals surface area contributed by atoms with E-state index in [2.05, 4.69) is 205 Å². The topological polar surface area (TPSA) is 32.8 Å². The molecule has 2 aromatic heterocycles. The van der Waals surface area contributed by atoms with Crippen LogP contribution >= 0.6 is 0 Å². The molecule has 0 unspecified atom stereocenters. The van der Waals surface area contributed by atoms with E-state index in [1.54, 1.807) is 0 Å². The molecule has 4 nitrogen and oxygen atoms in total. The molecule has 0 fully saturated rings. The normalized spacial score (nSPS) is 12.3. The van der Waals surface area contributed by atoms with Gasteiger partial charge in [-0.1, -0.05) is 146 Å². The molecule has 11 aromatic rings. The zero-order valence-corrected chi connectivity index (χ0v) is 33.6. The van der Waals surface area contributed by atoms with Crippen LogP contribution in [0.15, 0.2) is 233 Å². The first-order valence-electron chi connectivity index (χ1n) is 20.7. The highest BCUT2D eigenvalue weighted by Crippen LogP contribution is 2.47. The minimum Gasteiger partial charge on any atom is -0.456 e. The van der Waals surface area contributed by atoms with Gasteiger partial charge in [0.15, 0.2) is 0 Å². The van der Waals surface area contributed by atoms with Gasteiger partial charge in [-0.2, -0.15) is 0 Å². The molecular formula is C57H40N2O2. The van der Waals surface area contributed by atoms with Crippen LogP contribution in [0.1, 0.15) is 12.5 Å². The molecule has 0 aliphatic heterocycles. The minimum atomic E-state index is 0.823. The van der Waals surface area contributed by atoms with Crippen LogP contribution in [0.4, 0.5) is 28.4 Å². The molecule has 11 rings (SSSR count). The molecular weight excluding hydrogens is 745 g/mol. The SMILES string of the molecule is C=C/C(=C(/C=C\C)c1ccccc1N(c1ccc2c(c1)oc1ccccc12)c1cccc2ccccc12)N(c1ccc2c(c1)oc1ccccc12)c1cccc2ccccc12. The van der Waals surface area contributed by atoms with Gasteiger partial charge in [0.05, 0.1) is 22.8 Å². The molecule has 0 aliphatic carbocycles. The predicted molar refractivity (Wildman–Crippen MR) is 258 cm³/mol. The van der Waals surface area contributed by atoms with E-state index in [4.69, 9.17) is 8.83 Å². The molecule has 0 radical (unpaired) electrons. The molecule has 0 spiro atoms. The Morgan fingerprint density at radius 3 is 1.56 bits per heavy atom. The highest BCUT2D eigenvalue weighted by molar-refractivity contribution is 6.09. The molecule has 9 aromatic carbocycles. The van der Waals surface area contributed by atoms with Crippen molar-refractivity contribution >= 4 is 99.4 Å². The number of nitrogens with zero attached hydrogens (tertiary/aromatic N) is 2. The first-order chi connectivity index (χ1) is 30.2. The molecule has 0 bridgehead atoms. The number of allylic oxidation sites excluding steroid dienone is 4. The lowest BCUT2D eigenvalue weighted by Crippen LogP contribution is -2.18. The predicted octanol–water partition coefficient (Wildman–Crippen LogP) is 16.6. The van der Waals surface area contributed by atoms with Gasteiger partial charge < -0.3 is 18.6 Å². The number of fused-ring (bicyclic) bond motifs is 8. The van der Waals surface area contributed by atoms with E-state index in [9.17, 15) is 0 Å². The number of hydrogen-bond donors (Lipinski definition) is 0. The van der Waals surface area contributed by atoms with Crippen LogP contribution < -0.4 is 9.80 Å². The average Bonchev–Trinajstić information content (AvgIpc) is 3.88. The van der Waals surface area contributed by atoms with Crippen molar-refractivity contribution in [3.63, 3.8) is 0 Å². The summed E-state index contributed by atoms with van der Waals surface area (Å²) in [6, 6.07) is 68.4. The van der Waals surface area contributed by atoms with E-state index in [0.29, 0.717) is 0 Å². The van der Waals surface area contributed by atoms with Gasteiger partial charge in [-0.15, -0.1) is 0 Å². The standard InChI is InChI=1S/C57H40N2O2/c1-3-17-44(50(4-2)58(51-28-15-20-38-18-5-7-22-42(38)51)40-32-34-48-46-25-10-13-30-54(46)60-56(48)36-40)45-24-9-12-27-53(45)59(52-29-16-21-39-19-6-8-23-43(39)52)41-33-35-49-47-26-11-14-31-55(47)61-57(49)37-41/h3-37H,2H2,1H3/b17-3-,50-44+. The van der Waals surface area contributed by atoms with Crippen molar-refractivity contribution in [2.24, 2.45) is 0 Å². The number of rotatable bonds is 9. The molecule has 0 saturated heterocycles. The van der Waals surface area contributed by atoms with Crippen LogP contribution in [0.2, 0.25) is 0 Å². The van der Waals surface area contributed by atoms with Gasteiger partial charge in [0.1, 0.15) is 22.3 Å². The third-order valence-electron chi connectivity index (χ3n) is 11.7. The maximum atomic E-state index is 6.51. The Bertz CT molecular complexity index is 3540. The fourth-order valence-corrected chi connectivity index (χ4v) is 9.03. The first-order valence-corrected chi connectivity index (χ1v) is 20.7. The van der Waals surface area contributed by atoms with Gasteiger partial charge >= 0.3 is 0 Å². The second-order valence-electron chi connectivity index (χ2n) is 15.2. The molecule has 290 valence electrons. The summed E-state index contributed by atoms with van der Waals surface area (Å²) in [5.74, 6) is 0. The molecule has 0 saturated carbocycles. The monoisotopic (exact) mass is 784 g/mol. The summed E-state index contributed by atoms with van der Waals surface area (Å²) in [5.41, 5.74) is 11.4. The number of anilines is 5. The Kier molecular flexibility index (Phi) is 8.83. The maximum absolute atomic E-state index is 6.51. The van der Waals surface area contributed by atoms with E-state index in [-0.39, 0.29) is 0 Å². The van der Waals surface area contributed by atoms with Gasteiger partial charge in [-0.25, -0.2) is 0 Å². The fourth-order valence-electron chi connectivity index (χ4n) is 9.03. The van der Waals surface area contributed by atoms with Crippen LogP contribution in [0.3, 0.4) is 0 Å². The summed E-state index contributed by atoms with van der Waals surface area (Å²) >= 11 is 0. The molecule has 0 N–H and O–H groups in total. The maximum Gasteiger partial charge on any atom is 0.137 e. The summed E-state index contributed by atoms with van der Waals surface area (Å²) in [6.45, 7) is 6.62. The zero-order valence-electron chi connectivity index (χ0n) is 33.6. The highest BCUT2D eigenvalue weighted by Gasteiger charge is 2.25. The molecule has 2 heterocycles. The molecule has 0 atom stereocenters. The van der Waals surface area contributed by atoms with Gasteiger partial charge in [0.2, 0.25) is 0 Å². The van der Waals surface area contributed by atoms with E-state index in [1.807, 2.05) is 30.3 Å². The lowest BCUT2D eigenvalue weighted by atomic mass is 9.96. The summed E-state index contributed by atoms with van der Waals surface area (Å²) < 4.78 is 13.0. The number of benzene rings is 9. The van der Waals surface area contributed by atoms with Crippen LogP contribution in [-0.2, 0) is 0 Å². The summed E-state index contributed by atoms with van der Waals surface area (Å²) in [6.07, 6.45) is 6.30. The van der Waals surface area contributed by atoms with Gasteiger partial charge in [0, 0.05) is 67.0 Å². The van der Waals surface area contributed by atoms with Gasteiger partial charge in [0.25, 0.3) is 0 Å². The smallest absolute Gasteiger partial charge is 0.137 e. The summed E-state index contributed by atoms with van der Waals surface area (Å²) in [5, 5.41) is 8.93. The molecule has 4 heteroatoms. The first kappa shape index (κ1) is 36.0. The van der Waals surface area contributed by atoms with E-state index >= 15 is 0 Å². The Morgan fingerprint density at radius 1 is 0.443 bits per heavy atom. The van der Waals surface area contributed by atoms with Crippen molar-refractivity contribution in [1.82, 2.24) is 0 Å². The summed E-state index contributed by atoms with van der Waals surface area (Å²) in [7, 11) is 0. The Balaban J connectivity index is 1.19. The second-order valence-corrected chi connectivity index (χ2v) is 15.2. The quantitative estimate of drug-likeness (QED) is 0.137. The Labute approximate surface area is 353 Å². The third kappa shape index (κ3) is 6.08. The van der Waals surface area contributed by atoms with Crippen molar-refractivity contribution < 1.29 is 8.83 Å². The average molecular weight is 785 g/mol. The van der Waals surface area contributed by atoms with Gasteiger partial charge in [-0.05, 0) is 78.4 Å². The van der Waals surface area contributed by atoms with Crippen LogP contribution in [0, 0.1) is 0 Å². The Morgan fingerprint density at radius 2 is 0.918 bits per heavy atom. The van der Waals surface area contributed by atoms with Crippen molar-refractivity contribution in [3.8, 4) is 0 Å². The van der Waals surface area contributed by atoms with E-state index in [1.165, 1.54) is 0 Å². The van der Waals surface area contributed by atoms with E-state index in [0.717, 1.165) is 111 Å². The largest absolute Gasteiger partial charge is 0.456 e. The zero-order chi connectivity index (χ0) is 40.9. The Hall–Kier alpha value is -8.08. The number of para-hydroxylation sites is 3. The number of furan rings is 2. The third-order valence-corrected chi connectivity index (χ3v) is 11.7. The second kappa shape index (κ2) is 14.9. The molecule has 0 amide bonds. The van der Waals surface area contributed by atoms with Crippen molar-refractivity contribution in [1.29, 1.82) is 0 Å². The van der Waals surface area contributed by atoms with Crippen LogP contribution in [0.25, 0.3) is 71.0 Å². The van der Waals surface area contributed by atoms with E-state index < -0.39 is 0 Å². The molecule has 0 aliphatic rings. The lowest BCUT2D eigenvalue weighted by Gasteiger charge is -2.32. The van der Waals surface area contributed by atoms with Crippen molar-refractivity contribution in [2.45, 2.75) is 6.92 Å². The fraction of sp³-hybridized carbons (Fsp3) is 0.0175. The highest BCUT2D eigenvalue weighted by atomic mass is 16.3. The van der Waals surface area contributed by atoms with Crippen molar-refractivity contribution in [2.75, 3.05) is 9.80 Å².